The smallest absolute Gasteiger partial charge is 0.232 e. The second-order valence-electron chi connectivity index (χ2n) is 6.61. The molecule has 138 valence electrons. The van der Waals surface area contributed by atoms with Crippen molar-refractivity contribution in [3.05, 3.63) is 60.0 Å². The van der Waals surface area contributed by atoms with E-state index < -0.39 is 0 Å². The lowest BCUT2D eigenvalue weighted by molar-refractivity contribution is -0.117. The van der Waals surface area contributed by atoms with Crippen molar-refractivity contribution in [2.75, 3.05) is 18.6 Å². The van der Waals surface area contributed by atoms with Gasteiger partial charge in [-0.2, -0.15) is 4.98 Å². The first kappa shape index (κ1) is 17.3. The van der Waals surface area contributed by atoms with Crippen molar-refractivity contribution in [3.8, 4) is 17.1 Å². The lowest BCUT2D eigenvalue weighted by Gasteiger charge is -2.16. The SMILES string of the molecule is CCc1ccc(N2CC(c3nc(-c4ccc(OC)cc4)no3)CC2=O)cc1. The Balaban J connectivity index is 1.51. The number of methoxy groups -OCH3 is 1. The van der Waals surface area contributed by atoms with Gasteiger partial charge >= 0.3 is 0 Å². The Morgan fingerprint density at radius 3 is 2.56 bits per heavy atom. The maximum atomic E-state index is 12.5. The number of hydrogen-bond acceptors (Lipinski definition) is 5. The summed E-state index contributed by atoms with van der Waals surface area (Å²) in [5.74, 6) is 1.78. The van der Waals surface area contributed by atoms with E-state index >= 15 is 0 Å². The third kappa shape index (κ3) is 3.43. The molecule has 6 nitrogen and oxygen atoms in total. The number of ether oxygens (including phenoxy) is 1. The van der Waals surface area contributed by atoms with Gasteiger partial charge in [-0.15, -0.1) is 0 Å². The fourth-order valence-electron chi connectivity index (χ4n) is 3.29. The lowest BCUT2D eigenvalue weighted by atomic mass is 10.1. The summed E-state index contributed by atoms with van der Waals surface area (Å²) in [6.45, 7) is 2.66. The van der Waals surface area contributed by atoms with Gasteiger partial charge in [0.2, 0.25) is 17.6 Å². The van der Waals surface area contributed by atoms with Crippen molar-refractivity contribution in [1.29, 1.82) is 0 Å². The van der Waals surface area contributed by atoms with E-state index in [1.807, 2.05) is 36.4 Å². The zero-order chi connectivity index (χ0) is 18.8. The summed E-state index contributed by atoms with van der Waals surface area (Å²) >= 11 is 0. The van der Waals surface area contributed by atoms with Gasteiger partial charge in [0.1, 0.15) is 5.75 Å². The van der Waals surface area contributed by atoms with Crippen LogP contribution in [0, 0.1) is 0 Å². The Labute approximate surface area is 157 Å². The van der Waals surface area contributed by atoms with Gasteiger partial charge in [-0.3, -0.25) is 4.79 Å². The first-order valence-corrected chi connectivity index (χ1v) is 9.05. The minimum Gasteiger partial charge on any atom is -0.497 e. The van der Waals surface area contributed by atoms with E-state index in [4.69, 9.17) is 9.26 Å². The molecule has 1 aliphatic heterocycles. The van der Waals surface area contributed by atoms with Crippen LogP contribution in [0.2, 0.25) is 0 Å². The number of hydrogen-bond donors (Lipinski definition) is 0. The average molecular weight is 363 g/mol. The Bertz CT molecular complexity index is 932. The molecule has 0 radical (unpaired) electrons. The van der Waals surface area contributed by atoms with Crippen molar-refractivity contribution in [3.63, 3.8) is 0 Å². The Hall–Kier alpha value is -3.15. The quantitative estimate of drug-likeness (QED) is 0.689. The summed E-state index contributed by atoms with van der Waals surface area (Å²) in [7, 11) is 1.63. The van der Waals surface area contributed by atoms with E-state index in [1.165, 1.54) is 5.56 Å². The molecule has 0 spiro atoms. The number of carbonyl (C=O) groups is 1. The number of anilines is 1. The molecule has 0 aliphatic carbocycles. The summed E-state index contributed by atoms with van der Waals surface area (Å²) < 4.78 is 10.6. The van der Waals surface area contributed by atoms with E-state index in [1.54, 1.807) is 12.0 Å². The monoisotopic (exact) mass is 363 g/mol. The van der Waals surface area contributed by atoms with E-state index in [2.05, 4.69) is 29.2 Å². The highest BCUT2D eigenvalue weighted by atomic mass is 16.5. The number of carbonyl (C=O) groups excluding carboxylic acids is 1. The van der Waals surface area contributed by atoms with E-state index in [0.29, 0.717) is 24.7 Å². The zero-order valence-corrected chi connectivity index (χ0v) is 15.4. The number of aromatic nitrogens is 2. The highest BCUT2D eigenvalue weighted by Gasteiger charge is 2.35. The van der Waals surface area contributed by atoms with Crippen molar-refractivity contribution in [2.24, 2.45) is 0 Å². The van der Waals surface area contributed by atoms with Crippen LogP contribution in [0.4, 0.5) is 5.69 Å². The Kier molecular flexibility index (Phi) is 4.62. The molecule has 6 heteroatoms. The number of benzene rings is 2. The molecule has 0 bridgehead atoms. The number of rotatable bonds is 5. The molecule has 1 amide bonds. The lowest BCUT2D eigenvalue weighted by Crippen LogP contribution is -2.24. The maximum Gasteiger partial charge on any atom is 0.232 e. The Morgan fingerprint density at radius 1 is 1.15 bits per heavy atom. The van der Waals surface area contributed by atoms with Gasteiger partial charge in [-0.25, -0.2) is 0 Å². The fourth-order valence-corrected chi connectivity index (χ4v) is 3.29. The van der Waals surface area contributed by atoms with Crippen molar-refractivity contribution < 1.29 is 14.1 Å². The zero-order valence-electron chi connectivity index (χ0n) is 15.4. The van der Waals surface area contributed by atoms with Crippen molar-refractivity contribution in [2.45, 2.75) is 25.7 Å². The van der Waals surface area contributed by atoms with Gasteiger partial charge in [0, 0.05) is 24.2 Å². The summed E-state index contributed by atoms with van der Waals surface area (Å²) in [6, 6.07) is 15.6. The molecular formula is C21H21N3O3. The highest BCUT2D eigenvalue weighted by molar-refractivity contribution is 5.96. The fraction of sp³-hybridized carbons (Fsp3) is 0.286. The molecule has 4 rings (SSSR count). The van der Waals surface area contributed by atoms with Crippen LogP contribution in [0.25, 0.3) is 11.4 Å². The minimum absolute atomic E-state index is 0.0773. The average Bonchev–Trinajstić information content (AvgIpc) is 3.35. The molecule has 1 saturated heterocycles. The molecule has 0 N–H and O–H groups in total. The second kappa shape index (κ2) is 7.23. The predicted octanol–water partition coefficient (Wildman–Crippen LogP) is 3.83. The molecule has 3 aromatic rings. The predicted molar refractivity (Wildman–Crippen MR) is 102 cm³/mol. The summed E-state index contributed by atoms with van der Waals surface area (Å²) in [6.07, 6.45) is 1.35. The number of nitrogens with zero attached hydrogens (tertiary/aromatic N) is 3. The summed E-state index contributed by atoms with van der Waals surface area (Å²) in [5, 5.41) is 4.08. The van der Waals surface area contributed by atoms with Gasteiger partial charge in [0.05, 0.1) is 13.0 Å². The van der Waals surface area contributed by atoms with E-state index in [-0.39, 0.29) is 11.8 Å². The second-order valence-corrected chi connectivity index (χ2v) is 6.61. The Morgan fingerprint density at radius 2 is 1.89 bits per heavy atom. The van der Waals surface area contributed by atoms with Gasteiger partial charge in [0.25, 0.3) is 0 Å². The van der Waals surface area contributed by atoms with Crippen LogP contribution in [0.15, 0.2) is 53.1 Å². The van der Waals surface area contributed by atoms with Crippen molar-refractivity contribution in [1.82, 2.24) is 10.1 Å². The van der Waals surface area contributed by atoms with Crippen LogP contribution in [-0.2, 0) is 11.2 Å². The normalized spacial score (nSPS) is 16.7. The van der Waals surface area contributed by atoms with Gasteiger partial charge in [-0.1, -0.05) is 24.2 Å². The molecule has 1 aliphatic rings. The highest BCUT2D eigenvalue weighted by Crippen LogP contribution is 2.32. The minimum atomic E-state index is -0.0946. The third-order valence-corrected chi connectivity index (χ3v) is 4.92. The van der Waals surface area contributed by atoms with Crippen LogP contribution in [0.3, 0.4) is 0 Å². The van der Waals surface area contributed by atoms with Crippen LogP contribution in [-0.4, -0.2) is 29.7 Å². The molecule has 1 aromatic heterocycles. The van der Waals surface area contributed by atoms with Gasteiger partial charge in [0.15, 0.2) is 0 Å². The van der Waals surface area contributed by atoms with Gasteiger partial charge in [-0.05, 0) is 48.4 Å². The maximum absolute atomic E-state index is 12.5. The van der Waals surface area contributed by atoms with Crippen LogP contribution >= 0.6 is 0 Å². The van der Waals surface area contributed by atoms with E-state index in [9.17, 15) is 4.79 Å². The largest absolute Gasteiger partial charge is 0.497 e. The number of amides is 1. The molecule has 0 saturated carbocycles. The van der Waals surface area contributed by atoms with Crippen molar-refractivity contribution >= 4 is 11.6 Å². The third-order valence-electron chi connectivity index (χ3n) is 4.92. The molecule has 1 unspecified atom stereocenters. The van der Waals surface area contributed by atoms with Crippen LogP contribution in [0.1, 0.15) is 30.7 Å². The van der Waals surface area contributed by atoms with Gasteiger partial charge < -0.3 is 14.2 Å². The molecule has 27 heavy (non-hydrogen) atoms. The first-order valence-electron chi connectivity index (χ1n) is 9.05. The van der Waals surface area contributed by atoms with Crippen LogP contribution < -0.4 is 9.64 Å². The summed E-state index contributed by atoms with van der Waals surface area (Å²) in [4.78, 5) is 18.8. The first-order chi connectivity index (χ1) is 13.2. The number of aryl methyl sites for hydroxylation is 1. The van der Waals surface area contributed by atoms with E-state index in [0.717, 1.165) is 23.4 Å². The molecule has 1 fully saturated rings. The molecule has 2 aromatic carbocycles. The molecular weight excluding hydrogens is 342 g/mol. The standard InChI is InChI=1S/C21H21N3O3/c1-3-14-4-8-17(9-5-14)24-13-16(12-19(24)25)21-22-20(23-27-21)15-6-10-18(26-2)11-7-15/h4-11,16H,3,12-13H2,1-2H3. The van der Waals surface area contributed by atoms with Crippen LogP contribution in [0.5, 0.6) is 5.75 Å². The molecule has 1 atom stereocenters. The topological polar surface area (TPSA) is 68.5 Å². The summed E-state index contributed by atoms with van der Waals surface area (Å²) in [5.41, 5.74) is 3.01. The molecule has 2 heterocycles.